The zero-order valence-corrected chi connectivity index (χ0v) is 26.3. The zero-order chi connectivity index (χ0) is 29.6. The third-order valence-corrected chi connectivity index (χ3v) is 6.94. The van der Waals surface area contributed by atoms with Crippen LogP contribution in [0.25, 0.3) is 55.9 Å². The van der Waals surface area contributed by atoms with Gasteiger partial charge in [0.2, 0.25) is 0 Å². The largest absolute Gasteiger partial charge is 0.499 e. The van der Waals surface area contributed by atoms with Crippen LogP contribution < -0.4 is 0 Å². The second-order valence-corrected chi connectivity index (χ2v) is 10.1. The summed E-state index contributed by atoms with van der Waals surface area (Å²) >= 11 is 0. The fraction of sp³-hybridized carbons (Fsp3) is 0.0769. The molecule has 0 aliphatic heterocycles. The van der Waals surface area contributed by atoms with Crippen molar-refractivity contribution in [3.63, 3.8) is 0 Å². The molecule has 0 atom stereocenters. The number of rotatable bonds is 5. The van der Waals surface area contributed by atoms with Gasteiger partial charge in [-0.2, -0.15) is 0 Å². The third kappa shape index (κ3) is 7.06. The molecule has 0 unspecified atom stereocenters. The minimum Gasteiger partial charge on any atom is -0.499 e. The third-order valence-electron chi connectivity index (χ3n) is 6.94. The Morgan fingerprint density at radius 1 is 0.674 bits per heavy atom. The molecular formula is C39H30IrN2O-2. The molecule has 0 aliphatic carbocycles. The number of benzene rings is 4. The average molecular weight is 736 g/mol. The molecule has 0 amide bonds. The standard InChI is InChI=1S/C28H22NO.C11H8N.Ir/c1-19(2)22-13-14-29-26(17-22)23-15-24-18-27(21-11-7-4-8-12-21)30-28(24)25(16-23)20-9-5-3-6-10-20;1-2-6-10(7-3-1)11-8-4-5-9-12-11;/h3-14,16-19H,1-2H3;1-6,8-9H;/q2*-1;/i19D;;. The van der Waals surface area contributed by atoms with Crippen molar-refractivity contribution < 1.29 is 25.9 Å². The Kier molecular flexibility index (Phi) is 9.29. The van der Waals surface area contributed by atoms with Crippen molar-refractivity contribution in [2.24, 2.45) is 0 Å². The molecule has 0 N–H and O–H groups in total. The van der Waals surface area contributed by atoms with Crippen LogP contribution in [0.1, 0.15) is 26.7 Å². The Labute approximate surface area is 268 Å². The molecule has 7 rings (SSSR count). The smallest absolute Gasteiger partial charge is 0.0914 e. The van der Waals surface area contributed by atoms with Crippen LogP contribution in [0.15, 0.2) is 144 Å². The van der Waals surface area contributed by atoms with Crippen molar-refractivity contribution in [3.05, 3.63) is 157 Å². The summed E-state index contributed by atoms with van der Waals surface area (Å²) in [4.78, 5) is 8.80. The first-order chi connectivity index (χ1) is 21.0. The fourth-order valence-corrected chi connectivity index (χ4v) is 4.75. The van der Waals surface area contributed by atoms with Gasteiger partial charge in [-0.05, 0) is 40.4 Å². The molecule has 0 bridgehead atoms. The van der Waals surface area contributed by atoms with Crippen LogP contribution in [0.5, 0.6) is 0 Å². The summed E-state index contributed by atoms with van der Waals surface area (Å²) in [6, 6.07) is 48.7. The van der Waals surface area contributed by atoms with Gasteiger partial charge in [-0.15, -0.1) is 48.0 Å². The maximum atomic E-state index is 8.39. The summed E-state index contributed by atoms with van der Waals surface area (Å²) in [5, 5.41) is 0.910. The average Bonchev–Trinajstić information content (AvgIpc) is 3.51. The van der Waals surface area contributed by atoms with Gasteiger partial charge in [-0.1, -0.05) is 110 Å². The molecule has 43 heavy (non-hydrogen) atoms. The Hall–Kier alpha value is -4.63. The summed E-state index contributed by atoms with van der Waals surface area (Å²) in [6.07, 6.45) is 3.56. The molecule has 0 aliphatic rings. The molecule has 3 aromatic heterocycles. The van der Waals surface area contributed by atoms with Crippen LogP contribution in [-0.4, -0.2) is 9.97 Å². The van der Waals surface area contributed by atoms with Crippen molar-refractivity contribution in [1.29, 1.82) is 0 Å². The molecule has 4 heteroatoms. The molecule has 3 nitrogen and oxygen atoms in total. The Morgan fingerprint density at radius 2 is 1.37 bits per heavy atom. The molecule has 7 aromatic rings. The summed E-state index contributed by atoms with van der Waals surface area (Å²) in [5.74, 6) is 0.121. The van der Waals surface area contributed by atoms with E-state index in [1.165, 1.54) is 0 Å². The van der Waals surface area contributed by atoms with E-state index in [1.54, 1.807) is 12.4 Å². The molecule has 0 spiro atoms. The SMILES string of the molecule is [2H]C(C)(C)c1ccnc(-c2[c-]c3cc(-c4ccccc4)oc3c(-c3ccccc3)c2)c1.[Ir].[c-]1ccccc1-c1ccccn1. The first kappa shape index (κ1) is 28.5. The number of hydrogen-bond donors (Lipinski definition) is 0. The summed E-state index contributed by atoms with van der Waals surface area (Å²) in [7, 11) is 0. The van der Waals surface area contributed by atoms with E-state index < -0.39 is 5.89 Å². The van der Waals surface area contributed by atoms with Crippen molar-refractivity contribution in [2.75, 3.05) is 0 Å². The minimum atomic E-state index is -0.694. The number of pyridine rings is 2. The molecule has 213 valence electrons. The van der Waals surface area contributed by atoms with E-state index in [-0.39, 0.29) is 20.1 Å². The van der Waals surface area contributed by atoms with Gasteiger partial charge in [0, 0.05) is 45.1 Å². The van der Waals surface area contributed by atoms with Crippen LogP contribution in [0.2, 0.25) is 0 Å². The van der Waals surface area contributed by atoms with Crippen molar-refractivity contribution >= 4 is 11.0 Å². The van der Waals surface area contributed by atoms with Crippen molar-refractivity contribution in [2.45, 2.75) is 19.7 Å². The van der Waals surface area contributed by atoms with Crippen LogP contribution in [0.4, 0.5) is 0 Å². The van der Waals surface area contributed by atoms with E-state index in [0.29, 0.717) is 0 Å². The van der Waals surface area contributed by atoms with E-state index in [9.17, 15) is 0 Å². The molecule has 0 saturated carbocycles. The summed E-state index contributed by atoms with van der Waals surface area (Å²) in [6.45, 7) is 3.77. The van der Waals surface area contributed by atoms with Gasteiger partial charge in [0.15, 0.2) is 0 Å². The van der Waals surface area contributed by atoms with Crippen LogP contribution in [0, 0.1) is 12.1 Å². The zero-order valence-electron chi connectivity index (χ0n) is 24.9. The van der Waals surface area contributed by atoms with Gasteiger partial charge in [-0.25, -0.2) is 0 Å². The maximum Gasteiger partial charge on any atom is 0.0914 e. The number of nitrogens with zero attached hydrogens (tertiary/aromatic N) is 2. The predicted molar refractivity (Wildman–Crippen MR) is 172 cm³/mol. The van der Waals surface area contributed by atoms with E-state index in [2.05, 4.69) is 40.3 Å². The summed E-state index contributed by atoms with van der Waals surface area (Å²) in [5.41, 5.74) is 8.55. The van der Waals surface area contributed by atoms with Gasteiger partial charge >= 0.3 is 0 Å². The maximum absolute atomic E-state index is 8.39. The van der Waals surface area contributed by atoms with Gasteiger partial charge in [0.05, 0.1) is 11.3 Å². The van der Waals surface area contributed by atoms with E-state index >= 15 is 0 Å². The van der Waals surface area contributed by atoms with Crippen molar-refractivity contribution in [3.8, 4) is 45.0 Å². The van der Waals surface area contributed by atoms with Gasteiger partial charge in [0.25, 0.3) is 0 Å². The van der Waals surface area contributed by atoms with Crippen LogP contribution >= 0.6 is 0 Å². The fourth-order valence-electron chi connectivity index (χ4n) is 4.75. The van der Waals surface area contributed by atoms with E-state index in [1.807, 2.05) is 123 Å². The molecule has 0 fully saturated rings. The predicted octanol–water partition coefficient (Wildman–Crippen LogP) is 10.3. The number of fused-ring (bicyclic) bond motifs is 1. The van der Waals surface area contributed by atoms with Crippen molar-refractivity contribution in [1.82, 2.24) is 9.97 Å². The normalized spacial score (nSPS) is 11.2. The molecule has 0 saturated heterocycles. The molecule has 1 radical (unpaired) electrons. The Morgan fingerprint density at radius 3 is 2.05 bits per heavy atom. The monoisotopic (exact) mass is 736 g/mol. The quantitative estimate of drug-likeness (QED) is 0.165. The second kappa shape index (κ2) is 14.0. The molecule has 4 aromatic carbocycles. The first-order valence-electron chi connectivity index (χ1n) is 14.4. The van der Waals surface area contributed by atoms with Gasteiger partial charge in [-0.3, -0.25) is 4.98 Å². The number of furan rings is 1. The molecular weight excluding hydrogens is 705 g/mol. The van der Waals surface area contributed by atoms with Gasteiger partial charge in [0.1, 0.15) is 0 Å². The van der Waals surface area contributed by atoms with E-state index in [4.69, 9.17) is 5.79 Å². The van der Waals surface area contributed by atoms with Crippen LogP contribution in [0.3, 0.4) is 0 Å². The topological polar surface area (TPSA) is 38.9 Å². The number of hydrogen-bond acceptors (Lipinski definition) is 3. The van der Waals surface area contributed by atoms with E-state index in [0.717, 1.165) is 61.5 Å². The van der Waals surface area contributed by atoms with Crippen LogP contribution in [-0.2, 0) is 20.1 Å². The van der Waals surface area contributed by atoms with Gasteiger partial charge < -0.3 is 9.40 Å². The summed E-state index contributed by atoms with van der Waals surface area (Å²) < 4.78 is 14.7. The first-order valence-corrected chi connectivity index (χ1v) is 13.9. The number of aromatic nitrogens is 2. The molecule has 3 heterocycles. The Bertz CT molecular complexity index is 1900. The second-order valence-electron chi connectivity index (χ2n) is 10.1. The Balaban J connectivity index is 0.000000248. The minimum absolute atomic E-state index is 0.